The molecule has 1 aromatic carbocycles. The molecule has 2 rings (SSSR count). The summed E-state index contributed by atoms with van der Waals surface area (Å²) in [4.78, 5) is 24.6. The Hall–Kier alpha value is -2.36. The van der Waals surface area contributed by atoms with Crippen LogP contribution in [0.5, 0.6) is 0 Å². The number of alkyl halides is 3. The van der Waals surface area contributed by atoms with Crippen molar-refractivity contribution in [1.29, 1.82) is 0 Å². The Morgan fingerprint density at radius 2 is 1.88 bits per heavy atom. The lowest BCUT2D eigenvalue weighted by molar-refractivity contribution is -0.384. The van der Waals surface area contributed by atoms with Crippen molar-refractivity contribution in [3.63, 3.8) is 0 Å². The Bertz CT molecular complexity index is 643. The van der Waals surface area contributed by atoms with E-state index in [2.05, 4.69) is 0 Å². The first-order chi connectivity index (χ1) is 11.1. The minimum Gasteiger partial charge on any atom is -0.480 e. The smallest absolute Gasteiger partial charge is 0.416 e. The van der Waals surface area contributed by atoms with Crippen LogP contribution in [0.15, 0.2) is 18.2 Å². The van der Waals surface area contributed by atoms with Crippen LogP contribution in [0.2, 0.25) is 0 Å². The number of nitrogens with zero attached hydrogens (tertiary/aromatic N) is 3. The first-order valence-electron chi connectivity index (χ1n) is 7.18. The number of piperazine rings is 1. The summed E-state index contributed by atoms with van der Waals surface area (Å²) in [5, 5.41) is 20.1. The van der Waals surface area contributed by atoms with Crippen molar-refractivity contribution >= 4 is 17.3 Å². The topological polar surface area (TPSA) is 86.9 Å². The highest BCUT2D eigenvalue weighted by Crippen LogP contribution is 2.36. The van der Waals surface area contributed by atoms with Gasteiger partial charge in [-0.1, -0.05) is 0 Å². The summed E-state index contributed by atoms with van der Waals surface area (Å²) in [5.74, 6) is -0.969. The van der Waals surface area contributed by atoms with Crippen LogP contribution in [0.4, 0.5) is 24.5 Å². The third-order valence-corrected chi connectivity index (χ3v) is 4.06. The van der Waals surface area contributed by atoms with Crippen LogP contribution < -0.4 is 4.90 Å². The standard InChI is InChI=1S/C14H16F3N3O4/c1-9(13(21)22)18-4-6-19(7-5-18)11-3-2-10(14(15,16)17)8-12(11)20(23)24/h2-3,8-9H,4-7H2,1H3,(H,21,22)/t9-/m0/s1. The number of hydrogen-bond acceptors (Lipinski definition) is 5. The maximum absolute atomic E-state index is 12.7. The molecule has 0 bridgehead atoms. The molecule has 1 N–H and O–H groups in total. The third-order valence-electron chi connectivity index (χ3n) is 4.06. The van der Waals surface area contributed by atoms with E-state index >= 15 is 0 Å². The molecule has 7 nitrogen and oxygen atoms in total. The fourth-order valence-corrected chi connectivity index (χ4v) is 2.62. The molecule has 1 heterocycles. The molecule has 0 spiro atoms. The van der Waals surface area contributed by atoms with E-state index in [-0.39, 0.29) is 5.69 Å². The first-order valence-corrected chi connectivity index (χ1v) is 7.18. The van der Waals surface area contributed by atoms with Crippen LogP contribution in [0.1, 0.15) is 12.5 Å². The molecule has 0 unspecified atom stereocenters. The second-order valence-electron chi connectivity index (χ2n) is 5.50. The maximum Gasteiger partial charge on any atom is 0.416 e. The van der Waals surface area contributed by atoms with Gasteiger partial charge in [0, 0.05) is 32.2 Å². The lowest BCUT2D eigenvalue weighted by atomic mass is 10.1. The van der Waals surface area contributed by atoms with Gasteiger partial charge in [-0.05, 0) is 19.1 Å². The maximum atomic E-state index is 12.7. The Morgan fingerprint density at radius 1 is 1.29 bits per heavy atom. The van der Waals surface area contributed by atoms with Gasteiger partial charge in [0.25, 0.3) is 5.69 Å². The summed E-state index contributed by atoms with van der Waals surface area (Å²) in [6, 6.07) is 1.75. The lowest BCUT2D eigenvalue weighted by Crippen LogP contribution is -2.51. The van der Waals surface area contributed by atoms with E-state index in [1.54, 1.807) is 16.7 Å². The molecular formula is C14H16F3N3O4. The largest absolute Gasteiger partial charge is 0.480 e. The number of carboxylic acid groups (broad SMARTS) is 1. The number of aliphatic carboxylic acids is 1. The monoisotopic (exact) mass is 347 g/mol. The average molecular weight is 347 g/mol. The number of rotatable bonds is 4. The van der Waals surface area contributed by atoms with Gasteiger partial charge in [-0.25, -0.2) is 0 Å². The number of nitro groups is 1. The van der Waals surface area contributed by atoms with Gasteiger partial charge in [0.15, 0.2) is 0 Å². The van der Waals surface area contributed by atoms with Gasteiger partial charge in [-0.15, -0.1) is 0 Å². The quantitative estimate of drug-likeness (QED) is 0.664. The SMILES string of the molecule is C[C@@H](C(=O)O)N1CCN(c2ccc(C(F)(F)F)cc2[N+](=O)[O-])CC1. The van der Waals surface area contributed by atoms with Gasteiger partial charge >= 0.3 is 12.1 Å². The van der Waals surface area contributed by atoms with E-state index < -0.39 is 34.4 Å². The fraction of sp³-hybridized carbons (Fsp3) is 0.500. The number of halogens is 3. The Kier molecular flexibility index (Phi) is 4.97. The Morgan fingerprint density at radius 3 is 2.33 bits per heavy atom. The van der Waals surface area contributed by atoms with Gasteiger partial charge in [-0.2, -0.15) is 13.2 Å². The van der Waals surface area contributed by atoms with E-state index in [1.165, 1.54) is 0 Å². The molecule has 1 fully saturated rings. The van der Waals surface area contributed by atoms with Gasteiger partial charge in [-0.3, -0.25) is 19.8 Å². The van der Waals surface area contributed by atoms with Crippen molar-refractivity contribution in [3.05, 3.63) is 33.9 Å². The van der Waals surface area contributed by atoms with Gasteiger partial charge in [0.1, 0.15) is 11.7 Å². The molecule has 10 heteroatoms. The van der Waals surface area contributed by atoms with Crippen molar-refractivity contribution in [2.45, 2.75) is 19.1 Å². The van der Waals surface area contributed by atoms with Crippen LogP contribution in [0, 0.1) is 10.1 Å². The van der Waals surface area contributed by atoms with Gasteiger partial charge < -0.3 is 10.0 Å². The molecule has 0 aromatic heterocycles. The molecular weight excluding hydrogens is 331 g/mol. The summed E-state index contributed by atoms with van der Waals surface area (Å²) >= 11 is 0. The predicted octanol–water partition coefficient (Wildman–Crippen LogP) is 2.21. The van der Waals surface area contributed by atoms with Gasteiger partial charge in [0.05, 0.1) is 10.5 Å². The summed E-state index contributed by atoms with van der Waals surface area (Å²) in [5.41, 5.74) is -1.57. The zero-order valence-electron chi connectivity index (χ0n) is 12.8. The number of anilines is 1. The summed E-state index contributed by atoms with van der Waals surface area (Å²) in [7, 11) is 0. The molecule has 0 aliphatic carbocycles. The van der Waals surface area contributed by atoms with Crippen LogP contribution in [0.3, 0.4) is 0 Å². The van der Waals surface area contributed by atoms with Crippen LogP contribution in [0.25, 0.3) is 0 Å². The molecule has 0 radical (unpaired) electrons. The highest BCUT2D eigenvalue weighted by atomic mass is 19.4. The second kappa shape index (κ2) is 6.63. The highest BCUT2D eigenvalue weighted by Gasteiger charge is 2.34. The third kappa shape index (κ3) is 3.75. The summed E-state index contributed by atoms with van der Waals surface area (Å²) in [6.07, 6.45) is -4.65. The van der Waals surface area contributed by atoms with Crippen molar-refractivity contribution in [1.82, 2.24) is 4.90 Å². The highest BCUT2D eigenvalue weighted by molar-refractivity contribution is 5.73. The predicted molar refractivity (Wildman–Crippen MR) is 79.0 cm³/mol. The molecule has 24 heavy (non-hydrogen) atoms. The Labute approximate surface area is 135 Å². The van der Waals surface area contributed by atoms with E-state index in [9.17, 15) is 28.1 Å². The molecule has 0 amide bonds. The van der Waals surface area contributed by atoms with Crippen LogP contribution >= 0.6 is 0 Å². The number of nitro benzene ring substituents is 1. The molecule has 132 valence electrons. The molecule has 0 saturated carbocycles. The molecule has 1 saturated heterocycles. The average Bonchev–Trinajstić information content (AvgIpc) is 2.52. The van der Waals surface area contributed by atoms with E-state index in [0.717, 1.165) is 12.1 Å². The molecule has 1 atom stereocenters. The Balaban J connectivity index is 2.21. The zero-order valence-corrected chi connectivity index (χ0v) is 12.8. The molecule has 1 aliphatic rings. The first kappa shape index (κ1) is 18.0. The van der Waals surface area contributed by atoms with Crippen molar-refractivity contribution in [3.8, 4) is 0 Å². The number of hydrogen-bond donors (Lipinski definition) is 1. The van der Waals surface area contributed by atoms with E-state index in [0.29, 0.717) is 32.2 Å². The number of carboxylic acids is 1. The number of benzene rings is 1. The summed E-state index contributed by atoms with van der Waals surface area (Å²) < 4.78 is 38.2. The molecule has 1 aromatic rings. The van der Waals surface area contributed by atoms with Crippen molar-refractivity contribution in [2.75, 3.05) is 31.1 Å². The molecule has 1 aliphatic heterocycles. The van der Waals surface area contributed by atoms with E-state index in [4.69, 9.17) is 5.11 Å². The van der Waals surface area contributed by atoms with Gasteiger partial charge in [0.2, 0.25) is 0 Å². The zero-order chi connectivity index (χ0) is 18.1. The minimum atomic E-state index is -4.65. The lowest BCUT2D eigenvalue weighted by Gasteiger charge is -2.37. The van der Waals surface area contributed by atoms with Crippen molar-refractivity contribution in [2.24, 2.45) is 0 Å². The van der Waals surface area contributed by atoms with Crippen molar-refractivity contribution < 1.29 is 28.0 Å². The normalized spacial score (nSPS) is 17.6. The summed E-state index contributed by atoms with van der Waals surface area (Å²) in [6.45, 7) is 2.84. The van der Waals surface area contributed by atoms with Crippen LogP contribution in [-0.4, -0.2) is 53.1 Å². The van der Waals surface area contributed by atoms with Crippen LogP contribution in [-0.2, 0) is 11.0 Å². The number of carbonyl (C=O) groups is 1. The second-order valence-corrected chi connectivity index (χ2v) is 5.50. The fourth-order valence-electron chi connectivity index (χ4n) is 2.62. The minimum absolute atomic E-state index is 0.107. The van der Waals surface area contributed by atoms with E-state index in [1.807, 2.05) is 0 Å².